The molecule has 1 amide bonds. The van der Waals surface area contributed by atoms with Crippen molar-refractivity contribution in [1.82, 2.24) is 4.90 Å². The van der Waals surface area contributed by atoms with Crippen LogP contribution in [0.15, 0.2) is 42.5 Å². The van der Waals surface area contributed by atoms with Crippen LogP contribution in [0, 0.1) is 5.92 Å². The first-order chi connectivity index (χ1) is 13.4. The third kappa shape index (κ3) is 5.72. The molecule has 0 spiro atoms. The molecule has 2 aromatic carbocycles. The molecule has 0 heterocycles. The van der Waals surface area contributed by atoms with Crippen molar-refractivity contribution in [1.29, 1.82) is 0 Å². The molecule has 0 N–H and O–H groups in total. The van der Waals surface area contributed by atoms with Crippen LogP contribution in [0.1, 0.15) is 57.5 Å². The zero-order valence-electron chi connectivity index (χ0n) is 19.5. The molecule has 0 bridgehead atoms. The van der Waals surface area contributed by atoms with E-state index in [1.165, 1.54) is 0 Å². The quantitative estimate of drug-likeness (QED) is 0.364. The fraction of sp³-hybridized carbons (Fsp3) is 0.480. The van der Waals surface area contributed by atoms with E-state index in [2.05, 4.69) is 85.5 Å². The topological polar surface area (TPSA) is 29.5 Å². The van der Waals surface area contributed by atoms with E-state index in [4.69, 9.17) is 4.43 Å². The summed E-state index contributed by atoms with van der Waals surface area (Å²) in [6.07, 6.45) is 2.15. The van der Waals surface area contributed by atoms with Gasteiger partial charge < -0.3 is 9.33 Å². The Balaban J connectivity index is 2.82. The Morgan fingerprint density at radius 1 is 0.931 bits per heavy atom. The summed E-state index contributed by atoms with van der Waals surface area (Å²) in [5, 5.41) is 2.05. The molecule has 0 aliphatic heterocycles. The molecule has 2 aromatic rings. The summed E-state index contributed by atoms with van der Waals surface area (Å²) in [6.45, 7) is 19.1. The maximum Gasteiger partial charge on any atom is 0.255 e. The lowest BCUT2D eigenvalue weighted by Crippen LogP contribution is -2.42. The van der Waals surface area contributed by atoms with Crippen molar-refractivity contribution >= 4 is 30.8 Å². The zero-order chi connectivity index (χ0) is 21.9. The van der Waals surface area contributed by atoms with Gasteiger partial charge in [-0.1, -0.05) is 44.2 Å². The Kier molecular flexibility index (Phi) is 7.33. The van der Waals surface area contributed by atoms with Crippen LogP contribution in [0.3, 0.4) is 0 Å². The molecule has 4 heteroatoms. The maximum absolute atomic E-state index is 13.9. The molecule has 0 aromatic heterocycles. The van der Waals surface area contributed by atoms with Gasteiger partial charge in [-0.15, -0.1) is 0 Å². The maximum atomic E-state index is 13.9. The summed E-state index contributed by atoms with van der Waals surface area (Å²) in [5.74, 6) is 1.22. The summed E-state index contributed by atoms with van der Waals surface area (Å²) >= 11 is 0. The van der Waals surface area contributed by atoms with E-state index in [1.54, 1.807) is 0 Å². The number of carbonyl (C=O) groups excluding carboxylic acids is 1. The van der Waals surface area contributed by atoms with Gasteiger partial charge in [0.05, 0.1) is 5.56 Å². The minimum Gasteiger partial charge on any atom is -0.544 e. The van der Waals surface area contributed by atoms with Crippen LogP contribution in [0.2, 0.25) is 19.6 Å². The van der Waals surface area contributed by atoms with Gasteiger partial charge in [0.25, 0.3) is 5.91 Å². The predicted molar refractivity (Wildman–Crippen MR) is 128 cm³/mol. The highest BCUT2D eigenvalue weighted by atomic mass is 28.4. The van der Waals surface area contributed by atoms with Gasteiger partial charge in [0, 0.05) is 17.6 Å². The van der Waals surface area contributed by atoms with Crippen molar-refractivity contribution < 1.29 is 9.22 Å². The standard InChI is InChI=1S/C25H37NO2Si/c1-17(2)16-23(28-29(7,8)9)22-15-14-20-12-10-11-13-21(20)24(22)25(27)26(18(3)4)19(5)6/h10-19H,1-9H3/b23-16-. The normalized spacial score (nSPS) is 12.9. The van der Waals surface area contributed by atoms with E-state index in [-0.39, 0.29) is 18.0 Å². The largest absolute Gasteiger partial charge is 0.544 e. The summed E-state index contributed by atoms with van der Waals surface area (Å²) in [4.78, 5) is 15.8. The van der Waals surface area contributed by atoms with Crippen LogP contribution in [0.25, 0.3) is 16.5 Å². The molecule has 0 saturated carbocycles. The van der Waals surface area contributed by atoms with E-state index in [0.29, 0.717) is 5.92 Å². The van der Waals surface area contributed by atoms with Crippen LogP contribution in [0.4, 0.5) is 0 Å². The molecule has 0 fully saturated rings. The average molecular weight is 412 g/mol. The number of amides is 1. The van der Waals surface area contributed by atoms with Gasteiger partial charge >= 0.3 is 0 Å². The molecule has 0 saturated heterocycles. The number of fused-ring (bicyclic) bond motifs is 1. The van der Waals surface area contributed by atoms with Gasteiger partial charge in [-0.25, -0.2) is 0 Å². The second-order valence-corrected chi connectivity index (χ2v) is 14.0. The lowest BCUT2D eigenvalue weighted by molar-refractivity contribution is 0.0645. The van der Waals surface area contributed by atoms with Gasteiger partial charge in [0.1, 0.15) is 5.76 Å². The molecule has 0 unspecified atom stereocenters. The average Bonchev–Trinajstić information content (AvgIpc) is 2.57. The molecule has 29 heavy (non-hydrogen) atoms. The SMILES string of the molecule is CC(C)/C=C(\O[Si](C)(C)C)c1ccc2ccccc2c1C(=O)N(C(C)C)C(C)C. The lowest BCUT2D eigenvalue weighted by Gasteiger charge is -2.32. The van der Waals surface area contributed by atoms with Crippen molar-refractivity contribution in [3.8, 4) is 0 Å². The van der Waals surface area contributed by atoms with Crippen LogP contribution >= 0.6 is 0 Å². The number of benzene rings is 2. The molecule has 0 atom stereocenters. The highest BCUT2D eigenvalue weighted by Crippen LogP contribution is 2.32. The monoisotopic (exact) mass is 411 g/mol. The fourth-order valence-electron chi connectivity index (χ4n) is 3.71. The van der Waals surface area contributed by atoms with E-state index < -0.39 is 8.32 Å². The molecule has 2 rings (SSSR count). The minimum atomic E-state index is -1.86. The lowest BCUT2D eigenvalue weighted by atomic mass is 9.95. The molecule has 0 aliphatic rings. The number of allylic oxidation sites excluding steroid dienone is 1. The Morgan fingerprint density at radius 2 is 1.52 bits per heavy atom. The number of nitrogens with zero attached hydrogens (tertiary/aromatic N) is 1. The van der Waals surface area contributed by atoms with Gasteiger partial charge in [-0.2, -0.15) is 0 Å². The van der Waals surface area contributed by atoms with Crippen LogP contribution in [-0.4, -0.2) is 31.2 Å². The van der Waals surface area contributed by atoms with Gasteiger partial charge in [-0.05, 0) is 76.2 Å². The molecule has 3 nitrogen and oxygen atoms in total. The molecular formula is C25H37NO2Si. The van der Waals surface area contributed by atoms with Gasteiger partial charge in [-0.3, -0.25) is 4.79 Å². The van der Waals surface area contributed by atoms with Gasteiger partial charge in [0.2, 0.25) is 8.32 Å². The highest BCUT2D eigenvalue weighted by molar-refractivity contribution is 6.70. The van der Waals surface area contributed by atoms with E-state index in [0.717, 1.165) is 27.7 Å². The van der Waals surface area contributed by atoms with Crippen molar-refractivity contribution in [2.45, 2.75) is 73.3 Å². The molecule has 0 radical (unpaired) electrons. The van der Waals surface area contributed by atoms with E-state index in [1.807, 2.05) is 23.1 Å². The highest BCUT2D eigenvalue weighted by Gasteiger charge is 2.28. The van der Waals surface area contributed by atoms with Crippen molar-refractivity contribution in [3.63, 3.8) is 0 Å². The third-order valence-corrected chi connectivity index (χ3v) is 5.49. The number of carbonyl (C=O) groups is 1. The smallest absolute Gasteiger partial charge is 0.255 e. The number of hydrogen-bond donors (Lipinski definition) is 0. The van der Waals surface area contributed by atoms with Crippen molar-refractivity contribution in [2.24, 2.45) is 5.92 Å². The van der Waals surface area contributed by atoms with Gasteiger partial charge in [0.15, 0.2) is 0 Å². The first-order valence-corrected chi connectivity index (χ1v) is 14.1. The number of rotatable bonds is 7. The van der Waals surface area contributed by atoms with Crippen molar-refractivity contribution in [2.75, 3.05) is 0 Å². The van der Waals surface area contributed by atoms with Crippen LogP contribution in [0.5, 0.6) is 0 Å². The Hall–Kier alpha value is -2.07. The summed E-state index contributed by atoms with van der Waals surface area (Å²) in [5.41, 5.74) is 1.65. The zero-order valence-corrected chi connectivity index (χ0v) is 20.5. The summed E-state index contributed by atoms with van der Waals surface area (Å²) in [7, 11) is -1.86. The Morgan fingerprint density at radius 3 is 2.03 bits per heavy atom. The Labute approximate surface area is 177 Å². The first kappa shape index (κ1) is 23.2. The predicted octanol–water partition coefficient (Wildman–Crippen LogP) is 6.95. The van der Waals surface area contributed by atoms with Crippen LogP contribution < -0.4 is 0 Å². The number of hydrogen-bond acceptors (Lipinski definition) is 2. The Bertz CT molecular complexity index is 883. The van der Waals surface area contributed by atoms with Crippen LogP contribution in [-0.2, 0) is 4.43 Å². The molecular weight excluding hydrogens is 374 g/mol. The third-order valence-electron chi connectivity index (χ3n) is 4.66. The first-order valence-electron chi connectivity index (χ1n) is 10.7. The molecule has 0 aliphatic carbocycles. The van der Waals surface area contributed by atoms with Crippen molar-refractivity contribution in [3.05, 3.63) is 53.6 Å². The van der Waals surface area contributed by atoms with E-state index in [9.17, 15) is 4.79 Å². The summed E-state index contributed by atoms with van der Waals surface area (Å²) in [6, 6.07) is 12.5. The minimum absolute atomic E-state index is 0.0654. The summed E-state index contributed by atoms with van der Waals surface area (Å²) < 4.78 is 6.50. The second kappa shape index (κ2) is 9.16. The fourth-order valence-corrected chi connectivity index (χ4v) is 4.55. The second-order valence-electron chi connectivity index (χ2n) is 9.60. The molecule has 158 valence electrons. The van der Waals surface area contributed by atoms with E-state index >= 15 is 0 Å².